The Labute approximate surface area is 847 Å². The Kier molecular flexibility index (Phi) is 31.2. The van der Waals surface area contributed by atoms with Gasteiger partial charge in [-0.1, -0.05) is 156 Å². The molecule has 1 saturated carbocycles. The first kappa shape index (κ1) is 99.1. The third kappa shape index (κ3) is 20.6. The fraction of sp³-hybridized carbons (Fsp3) is 0.312. The molecule has 1 fully saturated rings. The normalized spacial score (nSPS) is 16.9. The third-order valence-corrected chi connectivity index (χ3v) is 28.9. The van der Waals surface area contributed by atoms with Gasteiger partial charge < -0.3 is 77.9 Å². The summed E-state index contributed by atoms with van der Waals surface area (Å²) < 4.78 is 42.9. The van der Waals surface area contributed by atoms with Crippen LogP contribution in [0.1, 0.15) is 175 Å². The van der Waals surface area contributed by atoms with Crippen LogP contribution in [0, 0.1) is 5.92 Å². The summed E-state index contributed by atoms with van der Waals surface area (Å²) in [5.41, 5.74) is 20.8. The van der Waals surface area contributed by atoms with Crippen molar-refractivity contribution in [1.82, 2.24) is 49.4 Å². The average Bonchev–Trinajstić information content (AvgIpc) is 1.60. The average molecular weight is 2030 g/mol. The van der Waals surface area contributed by atoms with Crippen LogP contribution in [0.3, 0.4) is 0 Å². The number of hydrogen-bond donors (Lipinski definition) is 6. The van der Waals surface area contributed by atoms with Gasteiger partial charge in [0.05, 0.1) is 79.2 Å². The van der Waals surface area contributed by atoms with Crippen LogP contribution in [0.25, 0.3) is 54.5 Å². The number of carbonyl (C=O) groups excluding carboxylic acids is 5. The number of carbonyl (C=O) groups is 5. The molecular formula is C109H110Cl7N11O13. The molecular weight excluding hydrogens is 1920 g/mol. The number of ether oxygens (including phenoxy) is 8. The van der Waals surface area contributed by atoms with Crippen molar-refractivity contribution in [2.45, 2.75) is 129 Å². The van der Waals surface area contributed by atoms with Crippen molar-refractivity contribution in [1.29, 1.82) is 0 Å². The SMILES string of the molecule is CCC(=O)N1CCc2c([nH]c3ccc(Cl)cc23)C1c1ccc(OC)cc1.CCOC(=O)N1CCc2c([nH]c3ccc(Cl)cc23)C1C1CCCCC1.CCOC(=O)N1CCc2c([nH]c3ccc(Cl)cc23)C1c1ccc(Cl)cc1Cl.CCOC(=O)N1CCc2c([nH]c3ccc(Cl)cc23)C1c1ccc(OC)c(OC)c1.COc1ccc(C2c3[nH]c4ccc(Cl)cc4c3CCN2C(=O)Nc2ccccc2OC)cc1. The van der Waals surface area contributed by atoms with E-state index in [2.05, 4.69) is 30.2 Å². The van der Waals surface area contributed by atoms with Gasteiger partial charge in [-0.25, -0.2) is 19.2 Å². The van der Waals surface area contributed by atoms with Crippen LogP contribution in [0.15, 0.2) is 200 Å². The zero-order valence-corrected chi connectivity index (χ0v) is 84.4. The van der Waals surface area contributed by atoms with E-state index in [1.807, 2.05) is 224 Å². The molecule has 0 saturated heterocycles. The Balaban J connectivity index is 0.000000121. The van der Waals surface area contributed by atoms with Gasteiger partial charge in [-0.05, 0) is 273 Å². The van der Waals surface area contributed by atoms with Crippen molar-refractivity contribution in [2.24, 2.45) is 5.92 Å². The molecule has 21 rings (SSSR count). The molecule has 5 atom stereocenters. The van der Waals surface area contributed by atoms with Crippen LogP contribution < -0.4 is 29.0 Å². The number of rotatable bonds is 15. The molecule has 24 nitrogen and oxygen atoms in total. The lowest BCUT2D eigenvalue weighted by molar-refractivity contribution is -0.133. The number of para-hydroxylation sites is 2. The van der Waals surface area contributed by atoms with Crippen molar-refractivity contribution in [3.8, 4) is 28.7 Å². The van der Waals surface area contributed by atoms with Gasteiger partial charge in [0.2, 0.25) is 5.91 Å². The van der Waals surface area contributed by atoms with Crippen molar-refractivity contribution in [2.75, 3.05) is 93.4 Å². The molecule has 6 amide bonds. The number of benzene rings is 10. The minimum atomic E-state index is -0.385. The lowest BCUT2D eigenvalue weighted by atomic mass is 9.79. The van der Waals surface area contributed by atoms with E-state index in [9.17, 15) is 24.0 Å². The van der Waals surface area contributed by atoms with Gasteiger partial charge in [-0.2, -0.15) is 0 Å². The largest absolute Gasteiger partial charge is 0.497 e. The highest BCUT2D eigenvalue weighted by molar-refractivity contribution is 6.35. The highest BCUT2D eigenvalue weighted by atomic mass is 35.5. The molecule has 0 bridgehead atoms. The fourth-order valence-electron chi connectivity index (χ4n) is 20.8. The van der Waals surface area contributed by atoms with Crippen molar-refractivity contribution < 1.29 is 61.9 Å². The molecule has 140 heavy (non-hydrogen) atoms. The van der Waals surface area contributed by atoms with Gasteiger partial charge in [0.1, 0.15) is 29.3 Å². The van der Waals surface area contributed by atoms with Gasteiger partial charge in [0.25, 0.3) is 0 Å². The molecule has 728 valence electrons. The van der Waals surface area contributed by atoms with Crippen molar-refractivity contribution in [3.05, 3.63) is 314 Å². The molecule has 5 unspecified atom stereocenters. The molecule has 5 aliphatic heterocycles. The third-order valence-electron chi connectivity index (χ3n) is 27.2. The van der Waals surface area contributed by atoms with E-state index in [0.29, 0.717) is 119 Å². The Morgan fingerprint density at radius 1 is 0.343 bits per heavy atom. The number of methoxy groups -OCH3 is 5. The first-order chi connectivity index (χ1) is 67.9. The Morgan fingerprint density at radius 3 is 1.12 bits per heavy atom. The van der Waals surface area contributed by atoms with E-state index in [1.54, 1.807) is 64.4 Å². The number of urea groups is 1. The standard InChI is InChI=1S/C26H24ClN3O3.C22H23ClN2O4.C21H21ClN2O2.C20H17Cl3N2O2.C20H25ClN2O2/c1-32-18-10-7-16(8-11-18)25-24-19(20-15-17(27)9-12-21(20)28-24)13-14-30(25)26(31)29-22-5-3-4-6-23(22)33-2;1-4-29-22(26)25-10-9-15-16-12-14(23)6-7-17(16)24-20(15)21(25)13-5-8-18(27-2)19(11-13)28-3;1-3-19(25)24-11-10-16-17-12-14(22)6-9-18(17)23-20(16)21(24)13-4-7-15(26-2)8-5-13;1-2-27-20(26)25-8-7-13-15-9-11(21)4-6-17(15)24-18(13)19(25)14-5-3-12(22)10-16(14)23;1-2-25-20(24)23-11-10-15-16-12-14(21)8-9-17(16)22-18(15)19(23)13-6-4-3-5-7-13/h3-12,15,25,28H,13-14H2,1-2H3,(H,29,31);5-8,11-12,21,24H,4,9-10H2,1-3H3;4-9,12,21,23H,3,10-11H2,1-2H3;3-6,9-10,19,24H,2,7-8H2,1H3;8-9,12-13,19,22H,2-7,10-11H2,1H3. The summed E-state index contributed by atoms with van der Waals surface area (Å²) in [6.07, 6.45) is 9.59. The van der Waals surface area contributed by atoms with E-state index in [-0.39, 0.29) is 60.4 Å². The number of nitrogens with zero attached hydrogens (tertiary/aromatic N) is 5. The number of halogens is 7. The number of fused-ring (bicyclic) bond motifs is 15. The Hall–Kier alpha value is -12.5. The zero-order valence-electron chi connectivity index (χ0n) is 79.1. The smallest absolute Gasteiger partial charge is 0.410 e. The van der Waals surface area contributed by atoms with Crippen LogP contribution in [0.4, 0.5) is 24.9 Å². The van der Waals surface area contributed by atoms with Gasteiger partial charge in [0.15, 0.2) is 11.5 Å². The molecule has 31 heteroatoms. The molecule has 6 aliphatic rings. The number of H-pyrrole nitrogens is 5. The summed E-state index contributed by atoms with van der Waals surface area (Å²) >= 11 is 43.7. The number of hydrogen-bond acceptors (Lipinski definition) is 13. The maximum atomic E-state index is 13.5. The van der Waals surface area contributed by atoms with E-state index in [4.69, 9.17) is 119 Å². The summed E-state index contributed by atoms with van der Waals surface area (Å²) in [4.78, 5) is 91.1. The number of aromatic nitrogens is 5. The molecule has 5 aromatic heterocycles. The maximum Gasteiger partial charge on any atom is 0.410 e. The zero-order chi connectivity index (χ0) is 98.3. The van der Waals surface area contributed by atoms with Crippen LogP contribution >= 0.6 is 81.2 Å². The molecule has 6 N–H and O–H groups in total. The molecule has 0 radical (unpaired) electrons. The molecule has 0 spiro atoms. The van der Waals surface area contributed by atoms with Crippen LogP contribution in [0.5, 0.6) is 28.7 Å². The summed E-state index contributed by atoms with van der Waals surface area (Å²) in [5.74, 6) is 4.10. The lowest BCUT2D eigenvalue weighted by Crippen LogP contribution is -2.44. The van der Waals surface area contributed by atoms with E-state index in [0.717, 1.165) is 147 Å². The Morgan fingerprint density at radius 2 is 0.700 bits per heavy atom. The second kappa shape index (κ2) is 44.1. The number of aromatic amines is 5. The van der Waals surface area contributed by atoms with Crippen molar-refractivity contribution >= 4 is 172 Å². The highest BCUT2D eigenvalue weighted by Gasteiger charge is 2.43. The molecule has 10 heterocycles. The predicted octanol–water partition coefficient (Wildman–Crippen LogP) is 27.4. The maximum absolute atomic E-state index is 13.5. The predicted molar refractivity (Wildman–Crippen MR) is 556 cm³/mol. The second-order valence-electron chi connectivity index (χ2n) is 35.0. The van der Waals surface area contributed by atoms with E-state index >= 15 is 0 Å². The first-order valence-corrected chi connectivity index (χ1v) is 49.9. The first-order valence-electron chi connectivity index (χ1n) is 47.2. The van der Waals surface area contributed by atoms with Gasteiger partial charge in [-0.3, -0.25) is 19.5 Å². The van der Waals surface area contributed by atoms with Gasteiger partial charge in [0, 0.05) is 157 Å². The van der Waals surface area contributed by atoms with E-state index in [1.165, 1.54) is 65.4 Å². The number of nitrogens with one attached hydrogen (secondary N) is 6. The second-order valence-corrected chi connectivity index (χ2v) is 38.0. The summed E-state index contributed by atoms with van der Waals surface area (Å²) in [6, 6.07) is 62.3. The number of anilines is 1. The van der Waals surface area contributed by atoms with Gasteiger partial charge in [-0.15, -0.1) is 0 Å². The lowest BCUT2D eigenvalue weighted by Gasteiger charge is -2.41. The van der Waals surface area contributed by atoms with Crippen LogP contribution in [-0.2, 0) is 51.1 Å². The van der Waals surface area contributed by atoms with Gasteiger partial charge >= 0.3 is 24.3 Å². The quantitative estimate of drug-likeness (QED) is 0.0522. The van der Waals surface area contributed by atoms with Crippen LogP contribution in [0.2, 0.25) is 35.2 Å². The van der Waals surface area contributed by atoms with Crippen molar-refractivity contribution in [3.63, 3.8) is 0 Å². The van der Waals surface area contributed by atoms with E-state index < -0.39 is 0 Å². The summed E-state index contributed by atoms with van der Waals surface area (Å²) in [5, 5.41) is 13.2. The summed E-state index contributed by atoms with van der Waals surface area (Å²) in [7, 11) is 8.09. The highest BCUT2D eigenvalue weighted by Crippen LogP contribution is 2.50. The monoisotopic (exact) mass is 2030 g/mol. The molecule has 1 aliphatic carbocycles. The topological polar surface area (TPSA) is 266 Å². The minimum absolute atomic E-state index is 0.0919. The molecule has 15 aromatic rings. The van der Waals surface area contributed by atoms with Crippen LogP contribution in [-0.4, -0.2) is 168 Å². The Bertz CT molecular complexity index is 7070. The summed E-state index contributed by atoms with van der Waals surface area (Å²) in [6.45, 7) is 11.5. The fourth-order valence-corrected chi connectivity index (χ4v) is 22.2. The molecule has 10 aromatic carbocycles. The minimum Gasteiger partial charge on any atom is -0.497 e. The number of amides is 6.